The van der Waals surface area contributed by atoms with Crippen LogP contribution in [0.15, 0.2) is 24.3 Å². The van der Waals surface area contributed by atoms with E-state index >= 15 is 0 Å². The van der Waals surface area contributed by atoms with E-state index in [1.165, 1.54) is 0 Å². The molecule has 1 aliphatic heterocycles. The van der Waals surface area contributed by atoms with Crippen molar-refractivity contribution in [3.05, 3.63) is 29.8 Å². The highest BCUT2D eigenvalue weighted by Gasteiger charge is 2.36. The molecule has 1 aromatic rings. The number of alkyl halides is 3. The minimum Gasteiger partial charge on any atom is -0.487 e. The third-order valence-corrected chi connectivity index (χ3v) is 3.49. The molecule has 0 amide bonds. The van der Waals surface area contributed by atoms with E-state index < -0.39 is 18.2 Å². The van der Waals surface area contributed by atoms with Gasteiger partial charge in [-0.25, -0.2) is 0 Å². The zero-order chi connectivity index (χ0) is 14.1. The van der Waals surface area contributed by atoms with Gasteiger partial charge in [0, 0.05) is 24.4 Å². The molecule has 0 fully saturated rings. The van der Waals surface area contributed by atoms with Crippen molar-refractivity contribution in [2.24, 2.45) is 5.73 Å². The fraction of sp³-hybridized carbons (Fsp3) is 0.571. The Morgan fingerprint density at radius 3 is 2.74 bits per heavy atom. The monoisotopic (exact) mass is 273 g/mol. The van der Waals surface area contributed by atoms with Crippen molar-refractivity contribution in [2.75, 3.05) is 0 Å². The maximum atomic E-state index is 12.2. The van der Waals surface area contributed by atoms with E-state index in [-0.39, 0.29) is 12.5 Å². The molecule has 1 aliphatic rings. The topological polar surface area (TPSA) is 35.2 Å². The van der Waals surface area contributed by atoms with Crippen molar-refractivity contribution in [3.63, 3.8) is 0 Å². The highest BCUT2D eigenvalue weighted by Crippen LogP contribution is 2.40. The summed E-state index contributed by atoms with van der Waals surface area (Å²) in [5.41, 5.74) is 6.39. The van der Waals surface area contributed by atoms with Gasteiger partial charge in [0.1, 0.15) is 11.4 Å². The normalized spacial score (nSPS) is 26.7. The zero-order valence-electron chi connectivity index (χ0n) is 10.8. The van der Waals surface area contributed by atoms with Crippen LogP contribution in [0, 0.1) is 0 Å². The van der Waals surface area contributed by atoms with E-state index in [2.05, 4.69) is 0 Å². The van der Waals surface area contributed by atoms with Crippen LogP contribution in [0.5, 0.6) is 5.75 Å². The Morgan fingerprint density at radius 2 is 2.05 bits per heavy atom. The van der Waals surface area contributed by atoms with Gasteiger partial charge >= 0.3 is 6.18 Å². The molecule has 5 heteroatoms. The van der Waals surface area contributed by atoms with Gasteiger partial charge in [-0.2, -0.15) is 13.2 Å². The minimum atomic E-state index is -4.11. The van der Waals surface area contributed by atoms with Crippen LogP contribution >= 0.6 is 0 Å². The van der Waals surface area contributed by atoms with Crippen LogP contribution in [-0.4, -0.2) is 11.8 Å². The van der Waals surface area contributed by atoms with Crippen LogP contribution in [-0.2, 0) is 0 Å². The molecule has 106 valence electrons. The summed E-state index contributed by atoms with van der Waals surface area (Å²) in [6, 6.07) is 7.26. The molecule has 0 spiro atoms. The van der Waals surface area contributed by atoms with E-state index in [1.807, 2.05) is 31.2 Å². The van der Waals surface area contributed by atoms with E-state index in [4.69, 9.17) is 10.5 Å². The molecule has 0 radical (unpaired) electrons. The van der Waals surface area contributed by atoms with Crippen molar-refractivity contribution >= 4 is 0 Å². The lowest BCUT2D eigenvalue weighted by Crippen LogP contribution is -2.40. The van der Waals surface area contributed by atoms with Crippen molar-refractivity contribution < 1.29 is 17.9 Å². The first kappa shape index (κ1) is 14.2. The van der Waals surface area contributed by atoms with E-state index in [1.54, 1.807) is 0 Å². The maximum Gasteiger partial charge on any atom is 0.389 e. The summed E-state index contributed by atoms with van der Waals surface area (Å²) < 4.78 is 42.4. The third-order valence-electron chi connectivity index (χ3n) is 3.49. The van der Waals surface area contributed by atoms with E-state index in [0.29, 0.717) is 18.6 Å². The lowest BCUT2D eigenvalue weighted by Gasteiger charge is -2.39. The average Bonchev–Trinajstić information content (AvgIpc) is 2.26. The number of para-hydroxylation sites is 1. The second kappa shape index (κ2) is 5.04. The lowest BCUT2D eigenvalue weighted by atomic mass is 9.85. The maximum absolute atomic E-state index is 12.2. The molecule has 0 aliphatic carbocycles. The minimum absolute atomic E-state index is 0.0644. The Kier molecular flexibility index (Phi) is 3.76. The van der Waals surface area contributed by atoms with Crippen LogP contribution in [0.25, 0.3) is 0 Å². The van der Waals surface area contributed by atoms with Crippen molar-refractivity contribution in [1.29, 1.82) is 0 Å². The first-order chi connectivity index (χ1) is 8.79. The van der Waals surface area contributed by atoms with Gasteiger partial charge in [-0.3, -0.25) is 0 Å². The SMILES string of the molecule is CC1(CCCC(F)(F)F)CC(N)c2ccccc2O1. The molecule has 2 unspecified atom stereocenters. The van der Waals surface area contributed by atoms with Crippen LogP contribution < -0.4 is 10.5 Å². The fourth-order valence-electron chi connectivity index (χ4n) is 2.58. The molecule has 0 bridgehead atoms. The number of hydrogen-bond acceptors (Lipinski definition) is 2. The van der Waals surface area contributed by atoms with Gasteiger partial charge in [-0.15, -0.1) is 0 Å². The van der Waals surface area contributed by atoms with Crippen molar-refractivity contribution in [2.45, 2.75) is 50.4 Å². The molecule has 1 aromatic carbocycles. The zero-order valence-corrected chi connectivity index (χ0v) is 10.8. The van der Waals surface area contributed by atoms with Crippen LogP contribution in [0.4, 0.5) is 13.2 Å². The first-order valence-electron chi connectivity index (χ1n) is 6.39. The molecule has 0 saturated heterocycles. The predicted octanol–water partition coefficient (Wildman–Crippen LogP) is 3.96. The van der Waals surface area contributed by atoms with Gasteiger partial charge < -0.3 is 10.5 Å². The summed E-state index contributed by atoms with van der Waals surface area (Å²) in [5.74, 6) is 0.691. The number of nitrogens with two attached hydrogens (primary N) is 1. The fourth-order valence-corrected chi connectivity index (χ4v) is 2.58. The van der Waals surface area contributed by atoms with Crippen LogP contribution in [0.2, 0.25) is 0 Å². The van der Waals surface area contributed by atoms with Gasteiger partial charge in [0.2, 0.25) is 0 Å². The van der Waals surface area contributed by atoms with Gasteiger partial charge in [0.25, 0.3) is 0 Å². The molecule has 0 saturated carbocycles. The van der Waals surface area contributed by atoms with Crippen LogP contribution in [0.3, 0.4) is 0 Å². The average molecular weight is 273 g/mol. The van der Waals surface area contributed by atoms with E-state index in [9.17, 15) is 13.2 Å². The van der Waals surface area contributed by atoms with Gasteiger partial charge in [-0.1, -0.05) is 18.2 Å². The Labute approximate surface area is 110 Å². The van der Waals surface area contributed by atoms with Crippen molar-refractivity contribution in [3.8, 4) is 5.75 Å². The van der Waals surface area contributed by atoms with Gasteiger partial charge in [0.15, 0.2) is 0 Å². The summed E-state index contributed by atoms with van der Waals surface area (Å²) >= 11 is 0. The highest BCUT2D eigenvalue weighted by atomic mass is 19.4. The summed E-state index contributed by atoms with van der Waals surface area (Å²) in [4.78, 5) is 0. The quantitative estimate of drug-likeness (QED) is 0.904. The number of hydrogen-bond donors (Lipinski definition) is 1. The molecule has 2 rings (SSSR count). The summed E-state index contributed by atoms with van der Waals surface area (Å²) in [6.07, 6.45) is -3.92. The number of fused-ring (bicyclic) bond motifs is 1. The number of rotatable bonds is 3. The van der Waals surface area contributed by atoms with Crippen LogP contribution in [0.1, 0.15) is 44.2 Å². The molecule has 2 nitrogen and oxygen atoms in total. The second-order valence-corrected chi connectivity index (χ2v) is 5.37. The third kappa shape index (κ3) is 3.62. The molecule has 2 N–H and O–H groups in total. The largest absolute Gasteiger partial charge is 0.487 e. The Hall–Kier alpha value is -1.23. The lowest BCUT2D eigenvalue weighted by molar-refractivity contribution is -0.137. The molecule has 0 aromatic heterocycles. The summed E-state index contributed by atoms with van der Waals surface area (Å²) in [6.45, 7) is 1.83. The number of benzene rings is 1. The Balaban J connectivity index is 2.02. The number of halogens is 3. The smallest absolute Gasteiger partial charge is 0.389 e. The predicted molar refractivity (Wildman–Crippen MR) is 66.9 cm³/mol. The van der Waals surface area contributed by atoms with Gasteiger partial charge in [0.05, 0.1) is 0 Å². The highest BCUT2D eigenvalue weighted by molar-refractivity contribution is 5.38. The number of ether oxygens (including phenoxy) is 1. The molecular formula is C14H18F3NO. The van der Waals surface area contributed by atoms with Crippen molar-refractivity contribution in [1.82, 2.24) is 0 Å². The second-order valence-electron chi connectivity index (χ2n) is 5.37. The molecule has 2 atom stereocenters. The summed E-state index contributed by atoms with van der Waals surface area (Å²) in [5, 5.41) is 0. The molecular weight excluding hydrogens is 255 g/mol. The Morgan fingerprint density at radius 1 is 1.37 bits per heavy atom. The summed E-state index contributed by atoms with van der Waals surface area (Å²) in [7, 11) is 0. The van der Waals surface area contributed by atoms with E-state index in [0.717, 1.165) is 5.56 Å². The molecule has 19 heavy (non-hydrogen) atoms. The Bertz CT molecular complexity index is 447. The molecule has 1 heterocycles. The van der Waals surface area contributed by atoms with Gasteiger partial charge in [-0.05, 0) is 25.8 Å². The first-order valence-corrected chi connectivity index (χ1v) is 6.39. The standard InChI is InChI=1S/C14H18F3NO/c1-13(7-4-8-14(15,16)17)9-11(18)10-5-2-3-6-12(10)19-13/h2-3,5-6,11H,4,7-9,18H2,1H3.